The molecule has 6 nitrogen and oxygen atoms in total. The highest BCUT2D eigenvalue weighted by atomic mass is 19.1. The summed E-state index contributed by atoms with van der Waals surface area (Å²) in [7, 11) is 1.69. The number of nitrogens with two attached hydrogens (primary N) is 1. The second-order valence-corrected chi connectivity index (χ2v) is 8.00. The van der Waals surface area contributed by atoms with E-state index in [0.29, 0.717) is 33.7 Å². The Hall–Kier alpha value is -4.57. The van der Waals surface area contributed by atoms with E-state index in [-0.39, 0.29) is 29.4 Å². The molecule has 1 atom stereocenters. The molecule has 2 N–H and O–H groups in total. The van der Waals surface area contributed by atoms with Gasteiger partial charge in [-0.15, -0.1) is 0 Å². The summed E-state index contributed by atoms with van der Waals surface area (Å²) in [6.45, 7) is 0.0783. The van der Waals surface area contributed by atoms with E-state index in [4.69, 9.17) is 15.2 Å². The summed E-state index contributed by atoms with van der Waals surface area (Å²) in [5.74, 6) is -0.169. The van der Waals surface area contributed by atoms with Gasteiger partial charge >= 0.3 is 0 Å². The van der Waals surface area contributed by atoms with Crippen molar-refractivity contribution in [2.45, 2.75) is 12.5 Å². The Bertz CT molecular complexity index is 1550. The van der Waals surface area contributed by atoms with Crippen LogP contribution in [-0.2, 0) is 13.7 Å². The molecule has 0 fully saturated rings. The average Bonchev–Trinajstić information content (AvgIpc) is 2.86. The third-order valence-electron chi connectivity index (χ3n) is 6.03. The maximum atomic E-state index is 13.9. The fraction of sp³-hybridized carbons (Fsp3) is 0.111. The van der Waals surface area contributed by atoms with Crippen LogP contribution in [0.25, 0.3) is 10.9 Å². The van der Waals surface area contributed by atoms with Crippen molar-refractivity contribution in [3.05, 3.63) is 117 Å². The third kappa shape index (κ3) is 3.46. The first-order valence-electron chi connectivity index (χ1n) is 10.6. The fourth-order valence-electron chi connectivity index (χ4n) is 4.29. The number of benzene rings is 3. The highest BCUT2D eigenvalue weighted by Crippen LogP contribution is 2.43. The van der Waals surface area contributed by atoms with Crippen molar-refractivity contribution >= 4 is 10.9 Å². The number of aryl methyl sites for hydroxylation is 1. The molecule has 34 heavy (non-hydrogen) atoms. The Labute approximate surface area is 194 Å². The second-order valence-electron chi connectivity index (χ2n) is 8.00. The molecule has 0 amide bonds. The fourth-order valence-corrected chi connectivity index (χ4v) is 4.29. The average molecular weight is 453 g/mol. The largest absolute Gasteiger partial charge is 0.489 e. The van der Waals surface area contributed by atoms with Crippen LogP contribution in [-0.4, -0.2) is 4.57 Å². The van der Waals surface area contributed by atoms with E-state index in [1.807, 2.05) is 24.3 Å². The minimum Gasteiger partial charge on any atom is -0.489 e. The van der Waals surface area contributed by atoms with Crippen LogP contribution in [0.3, 0.4) is 0 Å². The maximum absolute atomic E-state index is 13.9. The van der Waals surface area contributed by atoms with Crippen LogP contribution in [0.2, 0.25) is 0 Å². The van der Waals surface area contributed by atoms with E-state index in [0.717, 1.165) is 5.39 Å². The van der Waals surface area contributed by atoms with E-state index in [1.165, 1.54) is 6.07 Å². The van der Waals surface area contributed by atoms with Crippen LogP contribution in [0.5, 0.6) is 11.5 Å². The topological polar surface area (TPSA) is 90.3 Å². The highest BCUT2D eigenvalue weighted by molar-refractivity contribution is 5.88. The number of halogens is 1. The number of nitrogens with zero attached hydrogens (tertiary/aromatic N) is 2. The molecular weight excluding hydrogens is 433 g/mol. The van der Waals surface area contributed by atoms with Crippen molar-refractivity contribution in [1.82, 2.24) is 4.57 Å². The molecule has 7 heteroatoms. The summed E-state index contributed by atoms with van der Waals surface area (Å²) >= 11 is 0. The van der Waals surface area contributed by atoms with E-state index in [1.54, 1.807) is 54.1 Å². The summed E-state index contributed by atoms with van der Waals surface area (Å²) in [5, 5.41) is 10.6. The van der Waals surface area contributed by atoms with Crippen molar-refractivity contribution in [2.24, 2.45) is 12.8 Å². The molecule has 0 saturated carbocycles. The molecule has 2 heterocycles. The molecule has 0 bridgehead atoms. The molecule has 1 aromatic heterocycles. The van der Waals surface area contributed by atoms with Gasteiger partial charge < -0.3 is 19.8 Å². The van der Waals surface area contributed by atoms with Crippen LogP contribution < -0.4 is 20.8 Å². The smallest absolute Gasteiger partial charge is 0.258 e. The van der Waals surface area contributed by atoms with Crippen LogP contribution in [0, 0.1) is 17.1 Å². The normalized spacial score (nSPS) is 14.9. The third-order valence-corrected chi connectivity index (χ3v) is 6.03. The quantitative estimate of drug-likeness (QED) is 0.492. The first-order valence-corrected chi connectivity index (χ1v) is 10.6. The summed E-state index contributed by atoms with van der Waals surface area (Å²) < 4.78 is 27.0. The van der Waals surface area contributed by atoms with Gasteiger partial charge in [0.15, 0.2) is 0 Å². The standard InChI is InChI=1S/C27H20FN3O3/c1-31-22-9-5-3-7-19(22)25-24(27(31)32)23(20(14-29)26(30)34-25)16-10-12-18(13-11-16)33-15-17-6-2-4-8-21(17)28/h2-13,23H,15,30H2,1H3. The monoisotopic (exact) mass is 453 g/mol. The number of fused-ring (bicyclic) bond motifs is 3. The van der Waals surface area contributed by atoms with Gasteiger partial charge in [0.25, 0.3) is 5.56 Å². The molecule has 0 aliphatic carbocycles. The number of hydrogen-bond acceptors (Lipinski definition) is 5. The molecule has 1 aliphatic heterocycles. The zero-order valence-corrected chi connectivity index (χ0v) is 18.3. The number of ether oxygens (including phenoxy) is 2. The lowest BCUT2D eigenvalue weighted by atomic mass is 9.83. The molecule has 1 aliphatic rings. The van der Waals surface area contributed by atoms with Crippen molar-refractivity contribution in [3.8, 4) is 17.6 Å². The molecule has 4 aromatic rings. The molecule has 0 spiro atoms. The number of hydrogen-bond donors (Lipinski definition) is 1. The van der Waals surface area contributed by atoms with Gasteiger partial charge in [-0.25, -0.2) is 4.39 Å². The number of rotatable bonds is 4. The Balaban J connectivity index is 1.57. The highest BCUT2D eigenvalue weighted by Gasteiger charge is 2.35. The number of allylic oxidation sites excluding steroid dienone is 1. The van der Waals surface area contributed by atoms with Gasteiger partial charge in [0.1, 0.15) is 35.6 Å². The van der Waals surface area contributed by atoms with Crippen LogP contribution >= 0.6 is 0 Å². The van der Waals surface area contributed by atoms with Crippen LogP contribution in [0.1, 0.15) is 22.6 Å². The molecule has 5 rings (SSSR count). The van der Waals surface area contributed by atoms with Crippen LogP contribution in [0.15, 0.2) is 89.0 Å². The number of para-hydroxylation sites is 1. The lowest BCUT2D eigenvalue weighted by molar-refractivity contribution is 0.300. The minimum atomic E-state index is -0.697. The van der Waals surface area contributed by atoms with Gasteiger partial charge in [-0.2, -0.15) is 5.26 Å². The van der Waals surface area contributed by atoms with E-state index in [2.05, 4.69) is 6.07 Å². The van der Waals surface area contributed by atoms with Crippen molar-refractivity contribution < 1.29 is 13.9 Å². The van der Waals surface area contributed by atoms with Gasteiger partial charge in [-0.3, -0.25) is 4.79 Å². The number of aromatic nitrogens is 1. The van der Waals surface area contributed by atoms with Gasteiger partial charge in [-0.1, -0.05) is 42.5 Å². The van der Waals surface area contributed by atoms with Crippen LogP contribution in [0.4, 0.5) is 4.39 Å². The molecule has 0 radical (unpaired) electrons. The summed E-state index contributed by atoms with van der Waals surface area (Å²) in [4.78, 5) is 13.4. The second kappa shape index (κ2) is 8.41. The van der Waals surface area contributed by atoms with Gasteiger partial charge in [0.05, 0.1) is 17.0 Å². The SMILES string of the molecule is Cn1c(=O)c2c(c3ccccc31)OC(N)=C(C#N)C2c1ccc(OCc2ccccc2F)cc1. The Morgan fingerprint density at radius 2 is 1.79 bits per heavy atom. The lowest BCUT2D eigenvalue weighted by Crippen LogP contribution is -2.31. The predicted octanol–water partition coefficient (Wildman–Crippen LogP) is 4.47. The first-order chi connectivity index (χ1) is 16.5. The summed E-state index contributed by atoms with van der Waals surface area (Å²) in [6, 6.07) is 22.9. The maximum Gasteiger partial charge on any atom is 0.258 e. The summed E-state index contributed by atoms with van der Waals surface area (Å²) in [5.41, 5.74) is 8.23. The van der Waals surface area contributed by atoms with E-state index in [9.17, 15) is 14.4 Å². The zero-order chi connectivity index (χ0) is 23.8. The molecular formula is C27H20FN3O3. The van der Waals surface area contributed by atoms with Gasteiger partial charge in [0, 0.05) is 18.0 Å². The summed E-state index contributed by atoms with van der Waals surface area (Å²) in [6.07, 6.45) is 0. The predicted molar refractivity (Wildman–Crippen MR) is 126 cm³/mol. The zero-order valence-electron chi connectivity index (χ0n) is 18.3. The Morgan fingerprint density at radius 1 is 1.09 bits per heavy atom. The molecule has 1 unspecified atom stereocenters. The lowest BCUT2D eigenvalue weighted by Gasteiger charge is -2.27. The van der Waals surface area contributed by atoms with E-state index < -0.39 is 5.92 Å². The van der Waals surface area contributed by atoms with Gasteiger partial charge in [0.2, 0.25) is 5.88 Å². The minimum absolute atomic E-state index is 0.0294. The van der Waals surface area contributed by atoms with Crippen molar-refractivity contribution in [2.75, 3.05) is 0 Å². The number of nitriles is 1. The Morgan fingerprint density at radius 3 is 2.53 bits per heavy atom. The van der Waals surface area contributed by atoms with Crippen molar-refractivity contribution in [1.29, 1.82) is 5.26 Å². The first kappa shape index (κ1) is 21.3. The Kier molecular flexibility index (Phi) is 5.27. The van der Waals surface area contributed by atoms with E-state index >= 15 is 0 Å². The molecule has 3 aromatic carbocycles. The molecule has 0 saturated heterocycles. The number of pyridine rings is 1. The molecule has 168 valence electrons. The van der Waals surface area contributed by atoms with Crippen molar-refractivity contribution in [3.63, 3.8) is 0 Å². The van der Waals surface area contributed by atoms with Gasteiger partial charge in [-0.05, 0) is 35.9 Å².